The van der Waals surface area contributed by atoms with Gasteiger partial charge in [-0.25, -0.2) is 0 Å². The van der Waals surface area contributed by atoms with Crippen molar-refractivity contribution in [2.24, 2.45) is 7.05 Å². The third-order valence-electron chi connectivity index (χ3n) is 3.74. The van der Waals surface area contributed by atoms with Crippen LogP contribution in [0, 0.1) is 11.3 Å². The highest BCUT2D eigenvalue weighted by atomic mass is 79.9. The first-order chi connectivity index (χ1) is 10.2. The van der Waals surface area contributed by atoms with Gasteiger partial charge >= 0.3 is 0 Å². The number of hydrogen-bond acceptors (Lipinski definition) is 3. The Hall–Kier alpha value is -1.77. The minimum absolute atomic E-state index is 0.704. The average Bonchev–Trinajstić information content (AvgIpc) is 2.85. The minimum atomic E-state index is 0.704. The summed E-state index contributed by atoms with van der Waals surface area (Å²) in [5, 5.41) is 9.50. The van der Waals surface area contributed by atoms with Crippen molar-refractivity contribution in [1.82, 2.24) is 4.57 Å². The number of halogens is 1. The zero-order chi connectivity index (χ0) is 14.8. The van der Waals surface area contributed by atoms with Gasteiger partial charge in [0.25, 0.3) is 0 Å². The van der Waals surface area contributed by atoms with Crippen molar-refractivity contribution in [2.75, 3.05) is 31.2 Å². The molecule has 0 N–H and O–H groups in total. The Bertz CT molecular complexity index is 679. The van der Waals surface area contributed by atoms with E-state index in [0.717, 1.165) is 34.4 Å². The van der Waals surface area contributed by atoms with Gasteiger partial charge in [-0.3, -0.25) is 0 Å². The van der Waals surface area contributed by atoms with Crippen LogP contribution in [0.2, 0.25) is 0 Å². The minimum Gasteiger partial charge on any atom is -0.378 e. The van der Waals surface area contributed by atoms with Crippen molar-refractivity contribution >= 4 is 21.6 Å². The number of morpholine rings is 1. The summed E-state index contributed by atoms with van der Waals surface area (Å²) in [5.74, 6) is 0. The van der Waals surface area contributed by atoms with E-state index in [4.69, 9.17) is 4.74 Å². The first-order valence-corrected chi connectivity index (χ1v) is 7.68. The lowest BCUT2D eigenvalue weighted by Crippen LogP contribution is -2.36. The molecule has 0 saturated carbocycles. The molecule has 1 aromatic heterocycles. The third kappa shape index (κ3) is 2.69. The SMILES string of the molecule is Cn1cc(-c2ccc(Br)cc2)c(N2CCOCC2)c1C#N. The number of benzene rings is 1. The van der Waals surface area contributed by atoms with Crippen molar-refractivity contribution in [3.8, 4) is 17.2 Å². The lowest BCUT2D eigenvalue weighted by Gasteiger charge is -2.29. The molecule has 3 rings (SSSR count). The molecule has 0 amide bonds. The Labute approximate surface area is 132 Å². The van der Waals surface area contributed by atoms with E-state index in [1.165, 1.54) is 0 Å². The van der Waals surface area contributed by atoms with E-state index in [1.807, 2.05) is 29.9 Å². The molecule has 1 fully saturated rings. The second kappa shape index (κ2) is 5.92. The van der Waals surface area contributed by atoms with Crippen molar-refractivity contribution in [3.05, 3.63) is 40.6 Å². The lowest BCUT2D eigenvalue weighted by atomic mass is 10.1. The summed E-state index contributed by atoms with van der Waals surface area (Å²) in [7, 11) is 1.92. The van der Waals surface area contributed by atoms with Crippen LogP contribution in [-0.2, 0) is 11.8 Å². The molecule has 0 aliphatic carbocycles. The number of ether oxygens (including phenoxy) is 1. The zero-order valence-corrected chi connectivity index (χ0v) is 13.4. The number of aryl methyl sites for hydroxylation is 1. The summed E-state index contributed by atoms with van der Waals surface area (Å²) in [6.45, 7) is 3.06. The molecule has 1 aliphatic heterocycles. The molecule has 0 radical (unpaired) electrons. The van der Waals surface area contributed by atoms with E-state index in [9.17, 15) is 5.26 Å². The van der Waals surface area contributed by atoms with Crippen LogP contribution in [0.4, 0.5) is 5.69 Å². The van der Waals surface area contributed by atoms with Crippen LogP contribution in [0.3, 0.4) is 0 Å². The number of nitrogens with zero attached hydrogens (tertiary/aromatic N) is 3. The molecule has 0 atom stereocenters. The van der Waals surface area contributed by atoms with Gasteiger partial charge in [-0.1, -0.05) is 28.1 Å². The van der Waals surface area contributed by atoms with Gasteiger partial charge in [0.15, 0.2) is 0 Å². The van der Waals surface area contributed by atoms with E-state index < -0.39 is 0 Å². The molecule has 0 spiro atoms. The van der Waals surface area contributed by atoms with Gasteiger partial charge < -0.3 is 14.2 Å². The van der Waals surface area contributed by atoms with E-state index in [1.54, 1.807) is 0 Å². The monoisotopic (exact) mass is 345 g/mol. The van der Waals surface area contributed by atoms with E-state index >= 15 is 0 Å². The normalized spacial score (nSPS) is 15.0. The van der Waals surface area contributed by atoms with E-state index in [-0.39, 0.29) is 0 Å². The lowest BCUT2D eigenvalue weighted by molar-refractivity contribution is 0.122. The summed E-state index contributed by atoms with van der Waals surface area (Å²) < 4.78 is 8.38. The summed E-state index contributed by atoms with van der Waals surface area (Å²) >= 11 is 3.46. The maximum atomic E-state index is 9.50. The van der Waals surface area contributed by atoms with Gasteiger partial charge in [-0.05, 0) is 17.7 Å². The molecular formula is C16H16BrN3O. The fraction of sp³-hybridized carbons (Fsp3) is 0.312. The predicted octanol–water partition coefficient (Wildman–Crippen LogP) is 3.16. The van der Waals surface area contributed by atoms with Crippen molar-refractivity contribution in [1.29, 1.82) is 5.26 Å². The number of anilines is 1. The average molecular weight is 346 g/mol. The maximum absolute atomic E-state index is 9.50. The Morgan fingerprint density at radius 1 is 1.19 bits per heavy atom. The second-order valence-electron chi connectivity index (χ2n) is 5.07. The van der Waals surface area contributed by atoms with Crippen molar-refractivity contribution in [3.63, 3.8) is 0 Å². The van der Waals surface area contributed by atoms with Crippen LogP contribution in [0.25, 0.3) is 11.1 Å². The van der Waals surface area contributed by atoms with E-state index in [2.05, 4.69) is 39.0 Å². The number of aromatic nitrogens is 1. The van der Waals surface area contributed by atoms with Crippen LogP contribution in [-0.4, -0.2) is 30.9 Å². The Balaban J connectivity index is 2.11. The molecule has 4 nitrogen and oxygen atoms in total. The predicted molar refractivity (Wildman–Crippen MR) is 86.3 cm³/mol. The first kappa shape index (κ1) is 14.2. The van der Waals surface area contributed by atoms with Gasteiger partial charge in [-0.2, -0.15) is 5.26 Å². The highest BCUT2D eigenvalue weighted by Gasteiger charge is 2.22. The molecule has 108 valence electrons. The number of nitriles is 1. The number of hydrogen-bond donors (Lipinski definition) is 0. The summed E-state index contributed by atoms with van der Waals surface area (Å²) in [6.07, 6.45) is 2.03. The molecular weight excluding hydrogens is 330 g/mol. The topological polar surface area (TPSA) is 41.2 Å². The highest BCUT2D eigenvalue weighted by Crippen LogP contribution is 2.36. The Kier molecular flexibility index (Phi) is 4.00. The van der Waals surface area contributed by atoms with Crippen molar-refractivity contribution in [2.45, 2.75) is 0 Å². The molecule has 2 heterocycles. The zero-order valence-electron chi connectivity index (χ0n) is 11.8. The quantitative estimate of drug-likeness (QED) is 0.839. The number of rotatable bonds is 2. The highest BCUT2D eigenvalue weighted by molar-refractivity contribution is 9.10. The Morgan fingerprint density at radius 3 is 2.48 bits per heavy atom. The largest absolute Gasteiger partial charge is 0.378 e. The van der Waals surface area contributed by atoms with Gasteiger partial charge in [0, 0.05) is 36.4 Å². The summed E-state index contributed by atoms with van der Waals surface area (Å²) in [4.78, 5) is 2.25. The molecule has 1 aromatic carbocycles. The molecule has 1 aliphatic rings. The van der Waals surface area contributed by atoms with Crippen LogP contribution in [0.15, 0.2) is 34.9 Å². The van der Waals surface area contributed by atoms with Gasteiger partial charge in [-0.15, -0.1) is 0 Å². The van der Waals surface area contributed by atoms with Crippen LogP contribution < -0.4 is 4.90 Å². The smallest absolute Gasteiger partial charge is 0.144 e. The van der Waals surface area contributed by atoms with Crippen LogP contribution >= 0.6 is 15.9 Å². The molecule has 2 aromatic rings. The summed E-state index contributed by atoms with van der Waals surface area (Å²) in [5.41, 5.74) is 3.95. The Morgan fingerprint density at radius 2 is 1.86 bits per heavy atom. The van der Waals surface area contributed by atoms with Crippen LogP contribution in [0.1, 0.15) is 5.69 Å². The van der Waals surface area contributed by atoms with Crippen molar-refractivity contribution < 1.29 is 4.74 Å². The summed E-state index contributed by atoms with van der Waals surface area (Å²) in [6, 6.07) is 10.5. The van der Waals surface area contributed by atoms with Gasteiger partial charge in [0.2, 0.25) is 0 Å². The molecule has 0 unspecified atom stereocenters. The fourth-order valence-corrected chi connectivity index (χ4v) is 2.96. The molecule has 21 heavy (non-hydrogen) atoms. The van der Waals surface area contributed by atoms with E-state index in [0.29, 0.717) is 18.9 Å². The van der Waals surface area contributed by atoms with Gasteiger partial charge in [0.05, 0.1) is 18.9 Å². The molecule has 1 saturated heterocycles. The maximum Gasteiger partial charge on any atom is 0.144 e. The first-order valence-electron chi connectivity index (χ1n) is 6.89. The van der Waals surface area contributed by atoms with Crippen LogP contribution in [0.5, 0.6) is 0 Å². The standard InChI is InChI=1S/C16H16BrN3O/c1-19-11-14(12-2-4-13(17)5-3-12)16(15(19)10-18)20-6-8-21-9-7-20/h2-5,11H,6-9H2,1H3. The fourth-order valence-electron chi connectivity index (χ4n) is 2.69. The molecule has 5 heteroatoms. The second-order valence-corrected chi connectivity index (χ2v) is 5.98. The third-order valence-corrected chi connectivity index (χ3v) is 4.27. The molecule has 0 bridgehead atoms. The van der Waals surface area contributed by atoms with Gasteiger partial charge in [0.1, 0.15) is 11.8 Å².